The van der Waals surface area contributed by atoms with Crippen molar-refractivity contribution in [3.05, 3.63) is 0 Å². The van der Waals surface area contributed by atoms with E-state index >= 15 is 0 Å². The second-order valence-electron chi connectivity index (χ2n) is 4.57. The zero-order valence-electron chi connectivity index (χ0n) is 8.27. The lowest BCUT2D eigenvalue weighted by Gasteiger charge is -2.33. The molecule has 0 bridgehead atoms. The van der Waals surface area contributed by atoms with Gasteiger partial charge < -0.3 is 4.74 Å². The first kappa shape index (κ1) is 10.8. The molecule has 0 saturated heterocycles. The highest BCUT2D eigenvalue weighted by atomic mass is 127. The van der Waals surface area contributed by atoms with Gasteiger partial charge >= 0.3 is 0 Å². The maximum absolute atomic E-state index is 5.98. The summed E-state index contributed by atoms with van der Waals surface area (Å²) in [6, 6.07) is 0. The number of halogens is 1. The first-order valence-corrected chi connectivity index (χ1v) is 6.05. The molecule has 2 atom stereocenters. The average molecular weight is 282 g/mol. The molecule has 0 amide bonds. The Morgan fingerprint density at radius 2 is 1.75 bits per heavy atom. The van der Waals surface area contributed by atoms with Crippen LogP contribution in [0.1, 0.15) is 46.5 Å². The monoisotopic (exact) mass is 282 g/mol. The van der Waals surface area contributed by atoms with Crippen LogP contribution in [0.15, 0.2) is 0 Å². The van der Waals surface area contributed by atoms with Crippen LogP contribution in [0.3, 0.4) is 0 Å². The third kappa shape index (κ3) is 3.60. The van der Waals surface area contributed by atoms with Crippen LogP contribution in [0.25, 0.3) is 0 Å². The first-order chi connectivity index (χ1) is 5.49. The van der Waals surface area contributed by atoms with Crippen molar-refractivity contribution in [1.82, 2.24) is 0 Å². The lowest BCUT2D eigenvalue weighted by molar-refractivity contribution is -0.0680. The van der Waals surface area contributed by atoms with Gasteiger partial charge in [-0.25, -0.2) is 0 Å². The molecule has 2 heteroatoms. The van der Waals surface area contributed by atoms with E-state index < -0.39 is 0 Å². The zero-order chi connectivity index (χ0) is 9.19. The van der Waals surface area contributed by atoms with Crippen molar-refractivity contribution in [3.63, 3.8) is 0 Å². The summed E-state index contributed by atoms with van der Waals surface area (Å²) in [4.78, 5) is 0. The number of hydrogen-bond acceptors (Lipinski definition) is 1. The molecule has 0 radical (unpaired) electrons. The highest BCUT2D eigenvalue weighted by Crippen LogP contribution is 2.29. The lowest BCUT2D eigenvalue weighted by Crippen LogP contribution is -2.35. The Hall–Kier alpha value is 0.690. The molecule has 0 aromatic rings. The Balaban J connectivity index is 2.39. The van der Waals surface area contributed by atoms with Crippen molar-refractivity contribution in [2.24, 2.45) is 0 Å². The summed E-state index contributed by atoms with van der Waals surface area (Å²) in [7, 11) is 0. The molecule has 1 saturated carbocycles. The molecule has 1 aliphatic carbocycles. The first-order valence-electron chi connectivity index (χ1n) is 4.81. The van der Waals surface area contributed by atoms with E-state index in [-0.39, 0.29) is 5.60 Å². The van der Waals surface area contributed by atoms with E-state index in [1.54, 1.807) is 0 Å². The fourth-order valence-corrected chi connectivity index (χ4v) is 2.59. The predicted molar refractivity (Wildman–Crippen MR) is 60.9 cm³/mol. The minimum Gasteiger partial charge on any atom is -0.372 e. The Kier molecular flexibility index (Phi) is 3.83. The zero-order valence-corrected chi connectivity index (χ0v) is 10.4. The van der Waals surface area contributed by atoms with E-state index in [2.05, 4.69) is 43.4 Å². The SMILES string of the molecule is CC(C)(C)OC1CCCCC1I. The fourth-order valence-electron chi connectivity index (χ4n) is 1.64. The summed E-state index contributed by atoms with van der Waals surface area (Å²) in [5.74, 6) is 0. The summed E-state index contributed by atoms with van der Waals surface area (Å²) in [6.07, 6.45) is 5.82. The topological polar surface area (TPSA) is 9.23 Å². The van der Waals surface area contributed by atoms with Crippen molar-refractivity contribution in [1.29, 1.82) is 0 Å². The molecular formula is C10H19IO. The Labute approximate surface area is 89.4 Å². The molecule has 72 valence electrons. The van der Waals surface area contributed by atoms with E-state index in [0.717, 1.165) is 3.92 Å². The smallest absolute Gasteiger partial charge is 0.0699 e. The molecule has 1 rings (SSSR count). The van der Waals surface area contributed by atoms with Gasteiger partial charge in [-0.3, -0.25) is 0 Å². The Bertz CT molecular complexity index is 139. The van der Waals surface area contributed by atoms with Crippen LogP contribution in [0.2, 0.25) is 0 Å². The standard InChI is InChI=1S/C10H19IO/c1-10(2,3)12-9-7-5-4-6-8(9)11/h8-9H,4-7H2,1-3H3. The quantitative estimate of drug-likeness (QED) is 0.528. The fraction of sp³-hybridized carbons (Fsp3) is 1.00. The van der Waals surface area contributed by atoms with E-state index in [9.17, 15) is 0 Å². The van der Waals surface area contributed by atoms with Gasteiger partial charge in [-0.05, 0) is 33.6 Å². The second-order valence-corrected chi connectivity index (χ2v) is 6.17. The van der Waals surface area contributed by atoms with Crippen LogP contribution >= 0.6 is 22.6 Å². The van der Waals surface area contributed by atoms with Gasteiger partial charge in [0.25, 0.3) is 0 Å². The minimum atomic E-state index is 0.0332. The molecule has 1 nitrogen and oxygen atoms in total. The van der Waals surface area contributed by atoms with Crippen molar-refractivity contribution in [2.75, 3.05) is 0 Å². The maximum Gasteiger partial charge on any atom is 0.0699 e. The highest BCUT2D eigenvalue weighted by Gasteiger charge is 2.27. The third-order valence-corrected chi connectivity index (χ3v) is 3.55. The van der Waals surface area contributed by atoms with Gasteiger partial charge in [0.05, 0.1) is 11.7 Å². The summed E-state index contributed by atoms with van der Waals surface area (Å²) >= 11 is 2.53. The van der Waals surface area contributed by atoms with Gasteiger partial charge in [0.15, 0.2) is 0 Å². The van der Waals surface area contributed by atoms with Gasteiger partial charge in [0, 0.05) is 3.92 Å². The molecular weight excluding hydrogens is 263 g/mol. The number of alkyl halides is 1. The molecule has 0 aliphatic heterocycles. The summed E-state index contributed by atoms with van der Waals surface area (Å²) in [5.41, 5.74) is 0.0332. The summed E-state index contributed by atoms with van der Waals surface area (Å²) in [5, 5.41) is 0. The lowest BCUT2D eigenvalue weighted by atomic mass is 9.97. The predicted octanol–water partition coefficient (Wildman–Crippen LogP) is 3.55. The Morgan fingerprint density at radius 1 is 1.17 bits per heavy atom. The van der Waals surface area contributed by atoms with Crippen LogP contribution in [-0.2, 0) is 4.74 Å². The molecule has 0 N–H and O–H groups in total. The van der Waals surface area contributed by atoms with Gasteiger partial charge in [-0.1, -0.05) is 35.4 Å². The highest BCUT2D eigenvalue weighted by molar-refractivity contribution is 14.1. The van der Waals surface area contributed by atoms with Gasteiger partial charge in [-0.15, -0.1) is 0 Å². The van der Waals surface area contributed by atoms with E-state index in [4.69, 9.17) is 4.74 Å². The minimum absolute atomic E-state index is 0.0332. The van der Waals surface area contributed by atoms with E-state index in [1.807, 2.05) is 0 Å². The van der Waals surface area contributed by atoms with Crippen LogP contribution in [0, 0.1) is 0 Å². The summed E-state index contributed by atoms with van der Waals surface area (Å²) in [6.45, 7) is 6.43. The molecule has 0 heterocycles. The number of hydrogen-bond donors (Lipinski definition) is 0. The van der Waals surface area contributed by atoms with E-state index in [1.165, 1.54) is 25.7 Å². The second kappa shape index (κ2) is 4.27. The molecule has 0 aromatic heterocycles. The van der Waals surface area contributed by atoms with Crippen LogP contribution in [0.4, 0.5) is 0 Å². The van der Waals surface area contributed by atoms with Crippen molar-refractivity contribution in [2.45, 2.75) is 62.1 Å². The summed E-state index contributed by atoms with van der Waals surface area (Å²) < 4.78 is 6.72. The van der Waals surface area contributed by atoms with Crippen LogP contribution in [0.5, 0.6) is 0 Å². The molecule has 0 spiro atoms. The molecule has 2 unspecified atom stereocenters. The van der Waals surface area contributed by atoms with Crippen LogP contribution in [-0.4, -0.2) is 15.6 Å². The maximum atomic E-state index is 5.98. The van der Waals surface area contributed by atoms with Crippen molar-refractivity contribution >= 4 is 22.6 Å². The molecule has 12 heavy (non-hydrogen) atoms. The average Bonchev–Trinajstić information content (AvgIpc) is 1.91. The number of ether oxygens (including phenoxy) is 1. The molecule has 1 aliphatic rings. The van der Waals surface area contributed by atoms with Gasteiger partial charge in [-0.2, -0.15) is 0 Å². The van der Waals surface area contributed by atoms with E-state index in [0.29, 0.717) is 6.10 Å². The van der Waals surface area contributed by atoms with Crippen LogP contribution < -0.4 is 0 Å². The normalized spacial score (nSPS) is 32.0. The third-order valence-electron chi connectivity index (χ3n) is 2.13. The number of rotatable bonds is 1. The molecule has 1 fully saturated rings. The largest absolute Gasteiger partial charge is 0.372 e. The van der Waals surface area contributed by atoms with Crippen molar-refractivity contribution in [3.8, 4) is 0 Å². The molecule has 0 aromatic carbocycles. The van der Waals surface area contributed by atoms with Gasteiger partial charge in [0.1, 0.15) is 0 Å². The van der Waals surface area contributed by atoms with Crippen molar-refractivity contribution < 1.29 is 4.74 Å². The van der Waals surface area contributed by atoms with Gasteiger partial charge in [0.2, 0.25) is 0 Å². The Morgan fingerprint density at radius 3 is 2.25 bits per heavy atom.